The highest BCUT2D eigenvalue weighted by molar-refractivity contribution is 7.96. The molecule has 24 heavy (non-hydrogen) atoms. The van der Waals surface area contributed by atoms with E-state index in [2.05, 4.69) is 0 Å². The molecule has 0 spiro atoms. The maximum absolute atomic E-state index is 12.9. The molecule has 0 amide bonds. The number of hydrogen-bond acceptors (Lipinski definition) is 4. The summed E-state index contributed by atoms with van der Waals surface area (Å²) in [4.78, 5) is 11.9. The fourth-order valence-electron chi connectivity index (χ4n) is 2.11. The predicted molar refractivity (Wildman–Crippen MR) is 94.2 cm³/mol. The first kappa shape index (κ1) is 17.9. The van der Waals surface area contributed by atoms with Crippen molar-refractivity contribution in [1.82, 2.24) is 0 Å². The zero-order valence-electron chi connectivity index (χ0n) is 13.9. The molecule has 0 aliphatic heterocycles. The van der Waals surface area contributed by atoms with E-state index in [4.69, 9.17) is 4.74 Å². The number of sulfone groups is 1. The van der Waals surface area contributed by atoms with Crippen molar-refractivity contribution in [2.75, 3.05) is 6.61 Å². The van der Waals surface area contributed by atoms with Gasteiger partial charge in [-0.15, -0.1) is 0 Å². The second kappa shape index (κ2) is 7.45. The Hall–Kier alpha value is -2.40. The molecule has 0 bridgehead atoms. The van der Waals surface area contributed by atoms with Gasteiger partial charge in [-0.25, -0.2) is 13.2 Å². The molecule has 0 saturated carbocycles. The van der Waals surface area contributed by atoms with E-state index in [-0.39, 0.29) is 16.4 Å². The lowest BCUT2D eigenvalue weighted by molar-refractivity contribution is -0.137. The summed E-state index contributed by atoms with van der Waals surface area (Å²) in [6.07, 6.45) is 1.35. The van der Waals surface area contributed by atoms with Crippen molar-refractivity contribution in [1.29, 1.82) is 0 Å². The molecule has 0 unspecified atom stereocenters. The number of ether oxygens (including phenoxy) is 1. The molecule has 0 aliphatic carbocycles. The van der Waals surface area contributed by atoms with E-state index in [1.165, 1.54) is 18.2 Å². The van der Waals surface area contributed by atoms with Crippen LogP contribution in [0.3, 0.4) is 0 Å². The zero-order chi connectivity index (χ0) is 17.7. The molecule has 0 heterocycles. The Labute approximate surface area is 142 Å². The van der Waals surface area contributed by atoms with Crippen molar-refractivity contribution in [3.63, 3.8) is 0 Å². The number of rotatable bonds is 5. The molecule has 2 aromatic carbocycles. The highest BCUT2D eigenvalue weighted by atomic mass is 32.2. The molecule has 0 saturated heterocycles. The lowest BCUT2D eigenvalue weighted by Gasteiger charge is -2.09. The molecule has 2 rings (SSSR count). The summed E-state index contributed by atoms with van der Waals surface area (Å²) in [5, 5.41) is 0. The van der Waals surface area contributed by atoms with Crippen LogP contribution in [0.2, 0.25) is 0 Å². The van der Waals surface area contributed by atoms with Crippen LogP contribution in [0.4, 0.5) is 0 Å². The van der Waals surface area contributed by atoms with E-state index in [0.717, 1.165) is 11.1 Å². The van der Waals surface area contributed by atoms with Gasteiger partial charge in [0.05, 0.1) is 11.5 Å². The van der Waals surface area contributed by atoms with Crippen LogP contribution in [0.1, 0.15) is 23.6 Å². The number of benzene rings is 2. The van der Waals surface area contributed by atoms with Crippen LogP contribution in [0, 0.1) is 13.8 Å². The Kier molecular flexibility index (Phi) is 5.57. The largest absolute Gasteiger partial charge is 0.462 e. The second-order valence-electron chi connectivity index (χ2n) is 5.46. The van der Waals surface area contributed by atoms with E-state index in [0.29, 0.717) is 5.56 Å². The van der Waals surface area contributed by atoms with Crippen LogP contribution in [0.25, 0.3) is 6.08 Å². The van der Waals surface area contributed by atoms with Crippen molar-refractivity contribution < 1.29 is 17.9 Å². The van der Waals surface area contributed by atoms with Crippen LogP contribution >= 0.6 is 0 Å². The minimum Gasteiger partial charge on any atom is -0.462 e. The summed E-state index contributed by atoms with van der Waals surface area (Å²) in [7, 11) is -3.96. The van der Waals surface area contributed by atoms with Gasteiger partial charge in [-0.05, 0) is 44.5 Å². The zero-order valence-corrected chi connectivity index (χ0v) is 14.8. The van der Waals surface area contributed by atoms with Crippen molar-refractivity contribution in [3.05, 3.63) is 70.1 Å². The number of aryl methyl sites for hydroxylation is 2. The molecule has 4 nitrogen and oxygen atoms in total. The molecule has 5 heteroatoms. The summed E-state index contributed by atoms with van der Waals surface area (Å²) in [5.41, 5.74) is 2.61. The van der Waals surface area contributed by atoms with Crippen LogP contribution in [-0.2, 0) is 19.4 Å². The molecule has 0 aromatic heterocycles. The minimum absolute atomic E-state index is 0.0690. The van der Waals surface area contributed by atoms with Gasteiger partial charge in [0.25, 0.3) is 0 Å². The Morgan fingerprint density at radius 1 is 0.958 bits per heavy atom. The van der Waals surface area contributed by atoms with Gasteiger partial charge in [0.15, 0.2) is 4.91 Å². The van der Waals surface area contributed by atoms with Crippen LogP contribution in [0.15, 0.2) is 58.3 Å². The van der Waals surface area contributed by atoms with E-state index in [1.54, 1.807) is 31.2 Å². The fourth-order valence-corrected chi connectivity index (χ4v) is 3.42. The summed E-state index contributed by atoms with van der Waals surface area (Å²) in [6.45, 7) is 5.54. The molecular formula is C19H20O4S. The molecule has 2 aromatic rings. The van der Waals surface area contributed by atoms with Gasteiger partial charge in [0.2, 0.25) is 9.84 Å². The lowest BCUT2D eigenvalue weighted by Crippen LogP contribution is -2.16. The third-order valence-electron chi connectivity index (χ3n) is 3.47. The third-order valence-corrected chi connectivity index (χ3v) is 5.23. The standard InChI is InChI=1S/C19H20O4S/c1-4-23-19(20)18(13-16-9-5-14(2)6-10-16)24(21,22)17-11-7-15(3)8-12-17/h5-13H,4H2,1-3H3/b18-13+. The number of carbonyl (C=O) groups is 1. The maximum atomic E-state index is 12.9. The van der Waals surface area contributed by atoms with Crippen molar-refractivity contribution in [2.45, 2.75) is 25.7 Å². The molecule has 0 fully saturated rings. The summed E-state index contributed by atoms with van der Waals surface area (Å²) in [5.74, 6) is -0.848. The first-order valence-corrected chi connectivity index (χ1v) is 9.10. The average Bonchev–Trinajstić information content (AvgIpc) is 2.54. The Morgan fingerprint density at radius 2 is 1.46 bits per heavy atom. The molecular weight excluding hydrogens is 324 g/mol. The van der Waals surface area contributed by atoms with Gasteiger partial charge in [0, 0.05) is 0 Å². The van der Waals surface area contributed by atoms with Crippen LogP contribution in [-0.4, -0.2) is 21.0 Å². The number of esters is 1. The second-order valence-corrected chi connectivity index (χ2v) is 7.37. The average molecular weight is 344 g/mol. The first-order chi connectivity index (χ1) is 11.3. The molecule has 0 N–H and O–H groups in total. The topological polar surface area (TPSA) is 60.4 Å². The number of carbonyl (C=O) groups excluding carboxylic acids is 1. The number of hydrogen-bond donors (Lipinski definition) is 0. The summed E-state index contributed by atoms with van der Waals surface area (Å²) in [6, 6.07) is 13.6. The smallest absolute Gasteiger partial charge is 0.350 e. The van der Waals surface area contributed by atoms with Gasteiger partial charge in [-0.3, -0.25) is 0 Å². The van der Waals surface area contributed by atoms with Gasteiger partial charge >= 0.3 is 5.97 Å². The summed E-state index contributed by atoms with van der Waals surface area (Å²) < 4.78 is 30.7. The molecule has 126 valence electrons. The quantitative estimate of drug-likeness (QED) is 0.613. The van der Waals surface area contributed by atoms with E-state index >= 15 is 0 Å². The highest BCUT2D eigenvalue weighted by Gasteiger charge is 2.28. The van der Waals surface area contributed by atoms with Crippen molar-refractivity contribution >= 4 is 21.9 Å². The maximum Gasteiger partial charge on any atom is 0.350 e. The van der Waals surface area contributed by atoms with Gasteiger partial charge in [-0.2, -0.15) is 0 Å². The monoisotopic (exact) mass is 344 g/mol. The Morgan fingerprint density at radius 3 is 1.96 bits per heavy atom. The normalized spacial score (nSPS) is 12.0. The SMILES string of the molecule is CCOC(=O)/C(=C\c1ccc(C)cc1)S(=O)(=O)c1ccc(C)cc1. The van der Waals surface area contributed by atoms with Gasteiger partial charge in [0.1, 0.15) is 0 Å². The van der Waals surface area contributed by atoms with Crippen molar-refractivity contribution in [3.8, 4) is 0 Å². The molecule has 0 radical (unpaired) electrons. The van der Waals surface area contributed by atoms with E-state index in [9.17, 15) is 13.2 Å². The van der Waals surface area contributed by atoms with Crippen molar-refractivity contribution in [2.24, 2.45) is 0 Å². The molecule has 0 atom stereocenters. The van der Waals surface area contributed by atoms with Crippen LogP contribution < -0.4 is 0 Å². The Bertz CT molecular complexity index is 845. The Balaban J connectivity index is 2.55. The van der Waals surface area contributed by atoms with Gasteiger partial charge in [-0.1, -0.05) is 47.5 Å². The fraction of sp³-hybridized carbons (Fsp3) is 0.211. The van der Waals surface area contributed by atoms with E-state index in [1.807, 2.05) is 26.0 Å². The lowest BCUT2D eigenvalue weighted by atomic mass is 10.1. The summed E-state index contributed by atoms with van der Waals surface area (Å²) >= 11 is 0. The first-order valence-electron chi connectivity index (χ1n) is 7.62. The highest BCUT2D eigenvalue weighted by Crippen LogP contribution is 2.23. The van der Waals surface area contributed by atoms with Gasteiger partial charge < -0.3 is 4.74 Å². The van der Waals surface area contributed by atoms with E-state index < -0.39 is 15.8 Å². The third kappa shape index (κ3) is 4.11. The van der Waals surface area contributed by atoms with Crippen LogP contribution in [0.5, 0.6) is 0 Å². The predicted octanol–water partition coefficient (Wildman–Crippen LogP) is 3.68. The minimum atomic E-state index is -3.96. The molecule has 0 aliphatic rings.